The van der Waals surface area contributed by atoms with E-state index in [9.17, 15) is 9.59 Å². The first kappa shape index (κ1) is 30.6. The van der Waals surface area contributed by atoms with Gasteiger partial charge >= 0.3 is 0 Å². The van der Waals surface area contributed by atoms with Crippen LogP contribution < -0.4 is 16.4 Å². The minimum atomic E-state index is -1.13. The Morgan fingerprint density at radius 1 is 0.957 bits per heavy atom. The van der Waals surface area contributed by atoms with Crippen LogP contribution in [0.1, 0.15) is 91.5 Å². The van der Waals surface area contributed by atoms with Gasteiger partial charge in [-0.2, -0.15) is 5.10 Å². The van der Waals surface area contributed by atoms with E-state index in [4.69, 9.17) is 5.73 Å². The van der Waals surface area contributed by atoms with Gasteiger partial charge in [0.05, 0.1) is 17.4 Å². The average molecular weight is 630 g/mol. The first-order chi connectivity index (χ1) is 22.4. The lowest BCUT2D eigenvalue weighted by atomic mass is 9.82. The molecule has 0 radical (unpaired) electrons. The van der Waals surface area contributed by atoms with Gasteiger partial charge in [0.2, 0.25) is 0 Å². The summed E-state index contributed by atoms with van der Waals surface area (Å²) >= 11 is 0. The number of nitrogens with zero attached hydrogens (tertiary/aromatic N) is 6. The number of alkyl halides is 1. The topological polar surface area (TPSA) is 134 Å². The number of carbonyl (C=O) groups excluding carboxylic acids is 2. The van der Waals surface area contributed by atoms with Crippen molar-refractivity contribution in [3.63, 3.8) is 0 Å². The van der Waals surface area contributed by atoms with Gasteiger partial charge < -0.3 is 26.2 Å². The van der Waals surface area contributed by atoms with Crippen molar-refractivity contribution in [2.24, 2.45) is 0 Å². The molecule has 11 nitrogen and oxygen atoms in total. The third-order valence-corrected chi connectivity index (χ3v) is 10.6. The van der Waals surface area contributed by atoms with Gasteiger partial charge in [-0.05, 0) is 57.3 Å². The Labute approximate surface area is 269 Å². The van der Waals surface area contributed by atoms with E-state index < -0.39 is 17.6 Å². The molecule has 2 amide bonds. The lowest BCUT2D eigenvalue weighted by molar-refractivity contribution is 0.0485. The highest BCUT2D eigenvalue weighted by molar-refractivity contribution is 6.12. The number of pyridine rings is 2. The SMILES string of the molecule is Nc1nn2c(c1C(=O)Nc1cnccc1-c1ccc(C(=O)N3CCC(N4CCC4)CC3)nc1)NCC(F)C21CCCCCCCC1. The summed E-state index contributed by atoms with van der Waals surface area (Å²) in [6, 6.07) is 5.97. The lowest BCUT2D eigenvalue weighted by Gasteiger charge is -2.42. The molecule has 1 aliphatic carbocycles. The Morgan fingerprint density at radius 3 is 2.37 bits per heavy atom. The number of rotatable bonds is 5. The number of aromatic nitrogens is 4. The van der Waals surface area contributed by atoms with Crippen LogP contribution in [0.15, 0.2) is 36.8 Å². The van der Waals surface area contributed by atoms with E-state index in [0.717, 1.165) is 70.0 Å². The number of carbonyl (C=O) groups is 2. The second-order valence-electron chi connectivity index (χ2n) is 13.3. The van der Waals surface area contributed by atoms with E-state index in [-0.39, 0.29) is 23.8 Å². The Kier molecular flexibility index (Phi) is 8.63. The molecule has 0 bridgehead atoms. The molecule has 0 aromatic carbocycles. The summed E-state index contributed by atoms with van der Waals surface area (Å²) in [4.78, 5) is 40.2. The molecule has 4 aliphatic rings. The number of hydrogen-bond acceptors (Lipinski definition) is 8. The van der Waals surface area contributed by atoms with Gasteiger partial charge in [0.15, 0.2) is 5.82 Å². The zero-order chi connectivity index (χ0) is 31.7. The fraction of sp³-hybridized carbons (Fsp3) is 0.559. The molecule has 2 saturated heterocycles. The van der Waals surface area contributed by atoms with Crippen LogP contribution in [-0.4, -0.2) is 86.3 Å². The summed E-state index contributed by atoms with van der Waals surface area (Å²) in [5.41, 5.74) is 8.09. The highest BCUT2D eigenvalue weighted by Gasteiger charge is 2.47. The fourth-order valence-corrected chi connectivity index (χ4v) is 7.78. The predicted octanol–water partition coefficient (Wildman–Crippen LogP) is 5.08. The normalized spacial score (nSPS) is 22.1. The molecule has 3 fully saturated rings. The molecule has 3 aromatic rings. The smallest absolute Gasteiger partial charge is 0.272 e. The highest BCUT2D eigenvalue weighted by Crippen LogP contribution is 2.44. The van der Waals surface area contributed by atoms with E-state index in [2.05, 4.69) is 30.6 Å². The predicted molar refractivity (Wildman–Crippen MR) is 175 cm³/mol. The number of halogens is 1. The summed E-state index contributed by atoms with van der Waals surface area (Å²) in [5, 5.41) is 10.7. The second-order valence-corrected chi connectivity index (χ2v) is 13.3. The standard InChI is InChI=1S/C34H44FN9O2/c35-28-22-39-31-29(30(36)41-44(31)34(28)13-5-3-1-2-4-6-14-34)32(45)40-27-21-37-15-10-25(27)23-8-9-26(38-20-23)33(46)43-18-11-24(12-19-43)42-16-7-17-42/h8-10,15,20-21,24,28,39H,1-7,11-14,16-19,22H2,(H2,36,41)(H,40,45). The van der Waals surface area contributed by atoms with Crippen LogP contribution in [0.5, 0.6) is 0 Å². The molecule has 3 aliphatic heterocycles. The molecule has 6 heterocycles. The van der Waals surface area contributed by atoms with Crippen LogP contribution in [0.4, 0.5) is 21.7 Å². The third kappa shape index (κ3) is 5.72. The monoisotopic (exact) mass is 629 g/mol. The molecule has 1 saturated carbocycles. The first-order valence-corrected chi connectivity index (χ1v) is 17.0. The minimum Gasteiger partial charge on any atom is -0.381 e. The molecule has 244 valence electrons. The largest absolute Gasteiger partial charge is 0.381 e. The molecule has 1 atom stereocenters. The van der Waals surface area contributed by atoms with Crippen LogP contribution in [0, 0.1) is 0 Å². The van der Waals surface area contributed by atoms with Crippen molar-refractivity contribution >= 4 is 29.1 Å². The van der Waals surface area contributed by atoms with Crippen LogP contribution in [-0.2, 0) is 5.54 Å². The second kappa shape index (κ2) is 13.0. The number of nitrogen functional groups attached to an aromatic ring is 1. The van der Waals surface area contributed by atoms with E-state index >= 15 is 4.39 Å². The molecule has 46 heavy (non-hydrogen) atoms. The molecule has 12 heteroatoms. The number of hydrogen-bond donors (Lipinski definition) is 3. The van der Waals surface area contributed by atoms with Gasteiger partial charge in [-0.1, -0.05) is 44.6 Å². The van der Waals surface area contributed by atoms with Crippen molar-refractivity contribution in [3.8, 4) is 11.1 Å². The first-order valence-electron chi connectivity index (χ1n) is 17.0. The Bertz CT molecular complexity index is 1550. The number of nitrogens with two attached hydrogens (primary N) is 1. The molecule has 1 unspecified atom stereocenters. The van der Waals surface area contributed by atoms with Crippen LogP contribution in [0.2, 0.25) is 0 Å². The maximum absolute atomic E-state index is 15.7. The van der Waals surface area contributed by atoms with Crippen LogP contribution >= 0.6 is 0 Å². The number of amides is 2. The van der Waals surface area contributed by atoms with Crippen LogP contribution in [0.3, 0.4) is 0 Å². The summed E-state index contributed by atoms with van der Waals surface area (Å²) in [6.45, 7) is 3.95. The third-order valence-electron chi connectivity index (χ3n) is 10.6. The number of nitrogens with one attached hydrogen (secondary N) is 2. The van der Waals surface area contributed by atoms with Gasteiger partial charge in [0, 0.05) is 49.2 Å². The summed E-state index contributed by atoms with van der Waals surface area (Å²) in [5.74, 6) is 0.0284. The fourth-order valence-electron chi connectivity index (χ4n) is 7.78. The summed E-state index contributed by atoms with van der Waals surface area (Å²) in [6.07, 6.45) is 14.6. The van der Waals surface area contributed by atoms with Crippen molar-refractivity contribution in [1.82, 2.24) is 29.5 Å². The van der Waals surface area contributed by atoms with Crippen molar-refractivity contribution < 1.29 is 14.0 Å². The zero-order valence-electron chi connectivity index (χ0n) is 26.4. The van der Waals surface area contributed by atoms with Gasteiger partial charge in [-0.15, -0.1) is 0 Å². The molecule has 4 N–H and O–H groups in total. The van der Waals surface area contributed by atoms with E-state index in [1.165, 1.54) is 19.5 Å². The quantitative estimate of drug-likeness (QED) is 0.356. The molecule has 7 rings (SSSR count). The Balaban J connectivity index is 1.08. The molecular weight excluding hydrogens is 585 g/mol. The molecule has 1 spiro atoms. The van der Waals surface area contributed by atoms with Gasteiger partial charge in [0.1, 0.15) is 23.2 Å². The summed E-state index contributed by atoms with van der Waals surface area (Å²) in [7, 11) is 0. The average Bonchev–Trinajstić information content (AvgIpc) is 3.45. The van der Waals surface area contributed by atoms with E-state index in [0.29, 0.717) is 41.6 Å². The van der Waals surface area contributed by atoms with E-state index in [1.807, 2.05) is 11.0 Å². The molecular formula is C34H44FN9O2. The molecule has 3 aromatic heterocycles. The highest BCUT2D eigenvalue weighted by atomic mass is 19.1. The number of likely N-dealkylation sites (tertiary alicyclic amines) is 2. The van der Waals surface area contributed by atoms with Crippen molar-refractivity contribution in [3.05, 3.63) is 48.0 Å². The maximum Gasteiger partial charge on any atom is 0.272 e. The maximum atomic E-state index is 15.7. The number of anilines is 3. The van der Waals surface area contributed by atoms with Crippen molar-refractivity contribution in [2.45, 2.75) is 88.4 Å². The Morgan fingerprint density at radius 2 is 1.70 bits per heavy atom. The summed E-state index contributed by atoms with van der Waals surface area (Å²) < 4.78 is 17.4. The minimum absolute atomic E-state index is 0.0565. The zero-order valence-corrected chi connectivity index (χ0v) is 26.4. The van der Waals surface area contributed by atoms with Gasteiger partial charge in [-0.3, -0.25) is 19.6 Å². The number of piperidine rings is 1. The number of fused-ring (bicyclic) bond motifs is 2. The Hall–Kier alpha value is -4.06. The van der Waals surface area contributed by atoms with Crippen molar-refractivity contribution in [1.29, 1.82) is 0 Å². The van der Waals surface area contributed by atoms with Crippen LogP contribution in [0.25, 0.3) is 11.1 Å². The lowest BCUT2D eigenvalue weighted by Crippen LogP contribution is -2.51. The van der Waals surface area contributed by atoms with Crippen molar-refractivity contribution in [2.75, 3.05) is 49.1 Å². The van der Waals surface area contributed by atoms with Gasteiger partial charge in [-0.25, -0.2) is 9.07 Å². The van der Waals surface area contributed by atoms with E-state index in [1.54, 1.807) is 35.4 Å². The van der Waals surface area contributed by atoms with Gasteiger partial charge in [0.25, 0.3) is 11.8 Å².